The average Bonchev–Trinajstić information content (AvgIpc) is 2.49. The Morgan fingerprint density at radius 1 is 1.05 bits per heavy atom. The van der Waals surface area contributed by atoms with Gasteiger partial charge in [0.1, 0.15) is 0 Å². The van der Waals surface area contributed by atoms with Crippen LogP contribution in [0.15, 0.2) is 36.4 Å². The van der Waals surface area contributed by atoms with Crippen LogP contribution in [0, 0.1) is 5.92 Å². The van der Waals surface area contributed by atoms with E-state index in [9.17, 15) is 0 Å². The molecule has 1 aromatic carbocycles. The SMILES string of the molecule is CC/C=C/CC1CCC(c2ccc(COC)cc2)CC1. The van der Waals surface area contributed by atoms with Crippen LogP contribution in [0.2, 0.25) is 0 Å². The topological polar surface area (TPSA) is 9.23 Å². The van der Waals surface area contributed by atoms with Crippen LogP contribution in [0.4, 0.5) is 0 Å². The lowest BCUT2D eigenvalue weighted by atomic mass is 9.77. The van der Waals surface area contributed by atoms with Gasteiger partial charge in [-0.05, 0) is 61.5 Å². The molecule has 1 aliphatic rings. The minimum absolute atomic E-state index is 0.719. The van der Waals surface area contributed by atoms with Crippen LogP contribution in [0.3, 0.4) is 0 Å². The molecule has 110 valence electrons. The molecule has 0 radical (unpaired) electrons. The Balaban J connectivity index is 1.82. The quantitative estimate of drug-likeness (QED) is 0.624. The summed E-state index contributed by atoms with van der Waals surface area (Å²) in [7, 11) is 1.75. The van der Waals surface area contributed by atoms with E-state index in [0.717, 1.165) is 18.4 Å². The van der Waals surface area contributed by atoms with Crippen molar-refractivity contribution in [2.45, 2.75) is 58.0 Å². The Morgan fingerprint density at radius 2 is 1.75 bits per heavy atom. The van der Waals surface area contributed by atoms with Crippen LogP contribution in [0.5, 0.6) is 0 Å². The van der Waals surface area contributed by atoms with Gasteiger partial charge in [-0.3, -0.25) is 0 Å². The molecule has 0 heterocycles. The predicted octanol–water partition coefficient (Wildman–Crippen LogP) is 5.46. The van der Waals surface area contributed by atoms with E-state index in [1.807, 2.05) is 0 Å². The van der Waals surface area contributed by atoms with Gasteiger partial charge in [0.15, 0.2) is 0 Å². The van der Waals surface area contributed by atoms with Gasteiger partial charge in [-0.25, -0.2) is 0 Å². The molecule has 20 heavy (non-hydrogen) atoms. The number of rotatable bonds is 6. The molecule has 1 nitrogen and oxygen atoms in total. The van der Waals surface area contributed by atoms with E-state index < -0.39 is 0 Å². The highest BCUT2D eigenvalue weighted by Crippen LogP contribution is 2.37. The maximum Gasteiger partial charge on any atom is 0.0713 e. The first-order chi connectivity index (χ1) is 9.83. The van der Waals surface area contributed by atoms with Gasteiger partial charge in [0.05, 0.1) is 6.61 Å². The molecule has 0 spiro atoms. The summed E-state index contributed by atoms with van der Waals surface area (Å²) in [5, 5.41) is 0. The van der Waals surface area contributed by atoms with Gasteiger partial charge in [-0.2, -0.15) is 0 Å². The summed E-state index contributed by atoms with van der Waals surface area (Å²) in [6.45, 7) is 2.93. The van der Waals surface area contributed by atoms with E-state index in [1.54, 1.807) is 7.11 Å². The summed E-state index contributed by atoms with van der Waals surface area (Å²) in [6, 6.07) is 9.04. The van der Waals surface area contributed by atoms with E-state index >= 15 is 0 Å². The first-order valence-electron chi connectivity index (χ1n) is 8.06. The fourth-order valence-corrected chi connectivity index (χ4v) is 3.24. The van der Waals surface area contributed by atoms with Gasteiger partial charge in [0.25, 0.3) is 0 Å². The summed E-state index contributed by atoms with van der Waals surface area (Å²) in [5.41, 5.74) is 2.79. The van der Waals surface area contributed by atoms with Crippen molar-refractivity contribution in [2.24, 2.45) is 5.92 Å². The molecular weight excluding hydrogens is 244 g/mol. The third-order valence-corrected chi connectivity index (χ3v) is 4.48. The third-order valence-electron chi connectivity index (χ3n) is 4.48. The zero-order valence-electron chi connectivity index (χ0n) is 13.0. The molecule has 0 amide bonds. The van der Waals surface area contributed by atoms with E-state index in [0.29, 0.717) is 0 Å². The fraction of sp³-hybridized carbons (Fsp3) is 0.579. The highest BCUT2D eigenvalue weighted by atomic mass is 16.5. The van der Waals surface area contributed by atoms with Gasteiger partial charge in [-0.15, -0.1) is 0 Å². The van der Waals surface area contributed by atoms with Crippen LogP contribution in [-0.4, -0.2) is 7.11 Å². The van der Waals surface area contributed by atoms with Crippen molar-refractivity contribution in [3.63, 3.8) is 0 Å². The van der Waals surface area contributed by atoms with Gasteiger partial charge in [-0.1, -0.05) is 43.3 Å². The van der Waals surface area contributed by atoms with E-state index in [1.165, 1.54) is 49.7 Å². The highest BCUT2D eigenvalue weighted by molar-refractivity contribution is 5.25. The summed E-state index contributed by atoms with van der Waals surface area (Å²) >= 11 is 0. The van der Waals surface area contributed by atoms with Crippen LogP contribution in [-0.2, 0) is 11.3 Å². The first kappa shape index (κ1) is 15.3. The largest absolute Gasteiger partial charge is 0.380 e. The van der Waals surface area contributed by atoms with E-state index in [4.69, 9.17) is 4.74 Å². The molecule has 1 aromatic rings. The molecule has 0 N–H and O–H groups in total. The minimum atomic E-state index is 0.719. The second kappa shape index (κ2) is 8.26. The summed E-state index contributed by atoms with van der Waals surface area (Å²) in [4.78, 5) is 0. The van der Waals surface area contributed by atoms with Crippen molar-refractivity contribution in [3.8, 4) is 0 Å². The molecule has 0 bridgehead atoms. The fourth-order valence-electron chi connectivity index (χ4n) is 3.24. The molecule has 0 unspecified atom stereocenters. The smallest absolute Gasteiger partial charge is 0.0713 e. The molecule has 1 heteroatoms. The Hall–Kier alpha value is -1.08. The van der Waals surface area contributed by atoms with Gasteiger partial charge in [0, 0.05) is 7.11 Å². The highest BCUT2D eigenvalue weighted by Gasteiger charge is 2.21. The number of methoxy groups -OCH3 is 1. The Labute approximate surface area is 124 Å². The number of hydrogen-bond donors (Lipinski definition) is 0. The zero-order valence-corrected chi connectivity index (χ0v) is 13.0. The molecule has 1 aliphatic carbocycles. The number of ether oxygens (including phenoxy) is 1. The zero-order chi connectivity index (χ0) is 14.2. The molecular formula is C19H28O. The molecule has 0 atom stereocenters. The van der Waals surface area contributed by atoms with Crippen LogP contribution < -0.4 is 0 Å². The number of hydrogen-bond acceptors (Lipinski definition) is 1. The van der Waals surface area contributed by atoms with E-state index in [-0.39, 0.29) is 0 Å². The Bertz CT molecular complexity index is 396. The number of benzene rings is 1. The lowest BCUT2D eigenvalue weighted by Crippen LogP contribution is -2.12. The maximum absolute atomic E-state index is 5.17. The summed E-state index contributed by atoms with van der Waals surface area (Å²) in [6.07, 6.45) is 12.6. The van der Waals surface area contributed by atoms with Crippen molar-refractivity contribution in [3.05, 3.63) is 47.5 Å². The van der Waals surface area contributed by atoms with Crippen molar-refractivity contribution >= 4 is 0 Å². The van der Waals surface area contributed by atoms with Gasteiger partial charge in [0.2, 0.25) is 0 Å². The van der Waals surface area contributed by atoms with E-state index in [2.05, 4.69) is 43.3 Å². The number of allylic oxidation sites excluding steroid dienone is 2. The molecule has 0 aromatic heterocycles. The van der Waals surface area contributed by atoms with Crippen LogP contribution in [0.1, 0.15) is 62.5 Å². The Kier molecular flexibility index (Phi) is 6.32. The maximum atomic E-state index is 5.17. The monoisotopic (exact) mass is 272 g/mol. The molecule has 0 saturated heterocycles. The van der Waals surface area contributed by atoms with Gasteiger partial charge < -0.3 is 4.74 Å². The minimum Gasteiger partial charge on any atom is -0.380 e. The van der Waals surface area contributed by atoms with Gasteiger partial charge >= 0.3 is 0 Å². The first-order valence-corrected chi connectivity index (χ1v) is 8.06. The second-order valence-corrected chi connectivity index (χ2v) is 6.01. The standard InChI is InChI=1S/C19H28O/c1-3-4-5-6-16-7-11-18(12-8-16)19-13-9-17(10-14-19)15-20-2/h4-5,9-10,13-14,16,18H,3,6-8,11-12,15H2,1-2H3/b5-4+. The summed E-state index contributed by atoms with van der Waals surface area (Å²) < 4.78 is 5.17. The lowest BCUT2D eigenvalue weighted by Gasteiger charge is -2.28. The van der Waals surface area contributed by atoms with Crippen molar-refractivity contribution in [1.82, 2.24) is 0 Å². The van der Waals surface area contributed by atoms with Crippen LogP contribution >= 0.6 is 0 Å². The second-order valence-electron chi connectivity index (χ2n) is 6.01. The average molecular weight is 272 g/mol. The molecule has 0 aliphatic heterocycles. The lowest BCUT2D eigenvalue weighted by molar-refractivity contribution is 0.185. The van der Waals surface area contributed by atoms with Crippen molar-refractivity contribution in [1.29, 1.82) is 0 Å². The predicted molar refractivity (Wildman–Crippen MR) is 85.9 cm³/mol. The summed E-state index contributed by atoms with van der Waals surface area (Å²) in [5.74, 6) is 1.69. The Morgan fingerprint density at radius 3 is 2.35 bits per heavy atom. The normalized spacial score (nSPS) is 23.3. The van der Waals surface area contributed by atoms with Crippen LogP contribution in [0.25, 0.3) is 0 Å². The van der Waals surface area contributed by atoms with Crippen molar-refractivity contribution < 1.29 is 4.74 Å². The third kappa shape index (κ3) is 4.49. The molecule has 2 rings (SSSR count). The molecule has 1 saturated carbocycles. The van der Waals surface area contributed by atoms with Crippen molar-refractivity contribution in [2.75, 3.05) is 7.11 Å². The molecule has 1 fully saturated rings.